The molecule has 0 fully saturated rings. The Balaban J connectivity index is 3.18. The van der Waals surface area contributed by atoms with Crippen LogP contribution in [0, 0.1) is 12.3 Å². The predicted octanol–water partition coefficient (Wildman–Crippen LogP) is 3.51. The zero-order chi connectivity index (χ0) is 12.3. The van der Waals surface area contributed by atoms with Crippen molar-refractivity contribution in [1.82, 2.24) is 0 Å². The highest BCUT2D eigenvalue weighted by Gasteiger charge is 2.23. The fraction of sp³-hybridized carbons (Fsp3) is 0.357. The lowest BCUT2D eigenvalue weighted by Crippen LogP contribution is -2.17. The first-order valence-corrected chi connectivity index (χ1v) is 5.33. The van der Waals surface area contributed by atoms with Gasteiger partial charge in [0.2, 0.25) is 0 Å². The minimum Gasteiger partial charge on any atom is -0.478 e. The van der Waals surface area contributed by atoms with Gasteiger partial charge in [0, 0.05) is 5.57 Å². The highest BCUT2D eigenvalue weighted by molar-refractivity contribution is 5.93. The summed E-state index contributed by atoms with van der Waals surface area (Å²) in [7, 11) is 0. The van der Waals surface area contributed by atoms with Crippen molar-refractivity contribution in [2.45, 2.75) is 27.7 Å². The van der Waals surface area contributed by atoms with Crippen LogP contribution in [0.5, 0.6) is 0 Å². The molecule has 1 aromatic rings. The SMILES string of the molecule is Cc1cccc(/C=C(\C(=O)O)C(C)(C)C)c1. The Morgan fingerprint density at radius 1 is 1.31 bits per heavy atom. The monoisotopic (exact) mass is 218 g/mol. The molecule has 0 saturated carbocycles. The molecule has 1 N–H and O–H groups in total. The van der Waals surface area contributed by atoms with Crippen molar-refractivity contribution in [3.05, 3.63) is 41.0 Å². The van der Waals surface area contributed by atoms with Crippen molar-refractivity contribution in [2.75, 3.05) is 0 Å². The fourth-order valence-electron chi connectivity index (χ4n) is 1.53. The van der Waals surface area contributed by atoms with E-state index in [0.717, 1.165) is 11.1 Å². The van der Waals surface area contributed by atoms with Crippen LogP contribution in [0.1, 0.15) is 31.9 Å². The molecule has 0 radical (unpaired) electrons. The summed E-state index contributed by atoms with van der Waals surface area (Å²) in [5.41, 5.74) is 2.15. The third-order valence-electron chi connectivity index (χ3n) is 2.39. The zero-order valence-corrected chi connectivity index (χ0v) is 10.2. The van der Waals surface area contributed by atoms with Gasteiger partial charge in [-0.1, -0.05) is 50.6 Å². The van der Waals surface area contributed by atoms with Crippen LogP contribution in [-0.2, 0) is 4.79 Å². The largest absolute Gasteiger partial charge is 0.478 e. The van der Waals surface area contributed by atoms with Crippen LogP contribution in [0.25, 0.3) is 6.08 Å². The van der Waals surface area contributed by atoms with E-state index < -0.39 is 5.97 Å². The quantitative estimate of drug-likeness (QED) is 0.771. The van der Waals surface area contributed by atoms with Crippen molar-refractivity contribution >= 4 is 12.0 Å². The van der Waals surface area contributed by atoms with E-state index in [4.69, 9.17) is 0 Å². The van der Waals surface area contributed by atoms with Gasteiger partial charge in [0.05, 0.1) is 0 Å². The standard InChI is InChI=1S/C14H18O2/c1-10-6-5-7-11(8-10)9-12(13(15)16)14(2,3)4/h5-9H,1-4H3,(H,15,16)/b12-9+. The molecule has 0 heterocycles. The number of benzene rings is 1. The maximum absolute atomic E-state index is 11.2. The summed E-state index contributed by atoms with van der Waals surface area (Å²) in [5.74, 6) is -0.853. The number of aliphatic carboxylic acids is 1. The molecule has 0 aliphatic heterocycles. The summed E-state index contributed by atoms with van der Waals surface area (Å²) < 4.78 is 0. The molecule has 1 rings (SSSR count). The second-order valence-electron chi connectivity index (χ2n) is 5.03. The number of carboxylic acids is 1. The Morgan fingerprint density at radius 3 is 2.38 bits per heavy atom. The van der Waals surface area contributed by atoms with Gasteiger partial charge in [-0.15, -0.1) is 0 Å². The van der Waals surface area contributed by atoms with Gasteiger partial charge in [-0.3, -0.25) is 0 Å². The Hall–Kier alpha value is -1.57. The van der Waals surface area contributed by atoms with Crippen LogP contribution in [0.15, 0.2) is 29.8 Å². The molecule has 0 aliphatic carbocycles. The molecule has 1 aromatic carbocycles. The molecule has 86 valence electrons. The molecule has 2 heteroatoms. The van der Waals surface area contributed by atoms with Gasteiger partial charge < -0.3 is 5.11 Å². The van der Waals surface area contributed by atoms with E-state index >= 15 is 0 Å². The van der Waals surface area contributed by atoms with Crippen molar-refractivity contribution < 1.29 is 9.90 Å². The highest BCUT2D eigenvalue weighted by atomic mass is 16.4. The van der Waals surface area contributed by atoms with Gasteiger partial charge in [-0.25, -0.2) is 4.79 Å². The number of carbonyl (C=O) groups is 1. The first-order valence-electron chi connectivity index (χ1n) is 5.33. The lowest BCUT2D eigenvalue weighted by atomic mass is 9.85. The van der Waals surface area contributed by atoms with Crippen LogP contribution in [0.2, 0.25) is 0 Å². The number of rotatable bonds is 2. The van der Waals surface area contributed by atoms with E-state index in [-0.39, 0.29) is 5.41 Å². The number of aryl methyl sites for hydroxylation is 1. The molecule has 16 heavy (non-hydrogen) atoms. The Kier molecular flexibility index (Phi) is 3.53. The molecule has 2 nitrogen and oxygen atoms in total. The molecular formula is C14H18O2. The first kappa shape index (κ1) is 12.5. The molecule has 0 bridgehead atoms. The minimum absolute atomic E-state index is 0.352. The second-order valence-corrected chi connectivity index (χ2v) is 5.03. The topological polar surface area (TPSA) is 37.3 Å². The van der Waals surface area contributed by atoms with E-state index in [1.54, 1.807) is 6.08 Å². The maximum atomic E-state index is 11.2. The average Bonchev–Trinajstić information content (AvgIpc) is 2.12. The van der Waals surface area contributed by atoms with Crippen LogP contribution in [0.4, 0.5) is 0 Å². The number of carboxylic acid groups (broad SMARTS) is 1. The molecule has 0 amide bonds. The lowest BCUT2D eigenvalue weighted by molar-refractivity contribution is -0.133. The molecular weight excluding hydrogens is 200 g/mol. The normalized spacial score (nSPS) is 12.6. The summed E-state index contributed by atoms with van der Waals surface area (Å²) in [5, 5.41) is 9.17. The van der Waals surface area contributed by atoms with Gasteiger partial charge in [-0.2, -0.15) is 0 Å². The summed E-state index contributed by atoms with van der Waals surface area (Å²) in [6, 6.07) is 7.83. The lowest BCUT2D eigenvalue weighted by Gasteiger charge is -2.19. The Bertz CT molecular complexity index is 423. The summed E-state index contributed by atoms with van der Waals surface area (Å²) in [6.45, 7) is 7.71. The van der Waals surface area contributed by atoms with Crippen molar-refractivity contribution in [3.63, 3.8) is 0 Å². The fourth-order valence-corrected chi connectivity index (χ4v) is 1.53. The van der Waals surface area contributed by atoms with Crippen molar-refractivity contribution in [2.24, 2.45) is 5.41 Å². The van der Waals surface area contributed by atoms with E-state index in [1.807, 2.05) is 52.0 Å². The van der Waals surface area contributed by atoms with Crippen LogP contribution >= 0.6 is 0 Å². The van der Waals surface area contributed by atoms with Crippen LogP contribution < -0.4 is 0 Å². The molecule has 0 saturated heterocycles. The Labute approximate surface area is 96.6 Å². The van der Waals surface area contributed by atoms with Crippen molar-refractivity contribution in [1.29, 1.82) is 0 Å². The third kappa shape index (κ3) is 3.23. The number of hydrogen-bond donors (Lipinski definition) is 1. The average molecular weight is 218 g/mol. The smallest absolute Gasteiger partial charge is 0.332 e. The van der Waals surface area contributed by atoms with E-state index in [0.29, 0.717) is 5.57 Å². The molecule has 0 spiro atoms. The van der Waals surface area contributed by atoms with Gasteiger partial charge in [0.25, 0.3) is 0 Å². The van der Waals surface area contributed by atoms with Crippen LogP contribution in [-0.4, -0.2) is 11.1 Å². The summed E-state index contributed by atoms with van der Waals surface area (Å²) >= 11 is 0. The van der Waals surface area contributed by atoms with Gasteiger partial charge in [0.15, 0.2) is 0 Å². The van der Waals surface area contributed by atoms with Gasteiger partial charge in [0.1, 0.15) is 0 Å². The number of hydrogen-bond acceptors (Lipinski definition) is 1. The zero-order valence-electron chi connectivity index (χ0n) is 10.2. The van der Waals surface area contributed by atoms with Crippen molar-refractivity contribution in [3.8, 4) is 0 Å². The van der Waals surface area contributed by atoms with Crippen LogP contribution in [0.3, 0.4) is 0 Å². The van der Waals surface area contributed by atoms with E-state index in [9.17, 15) is 9.90 Å². The molecule has 0 aliphatic rings. The second kappa shape index (κ2) is 4.52. The molecule has 0 atom stereocenters. The predicted molar refractivity (Wildman–Crippen MR) is 66.2 cm³/mol. The maximum Gasteiger partial charge on any atom is 0.332 e. The highest BCUT2D eigenvalue weighted by Crippen LogP contribution is 2.27. The van der Waals surface area contributed by atoms with E-state index in [1.165, 1.54) is 0 Å². The van der Waals surface area contributed by atoms with E-state index in [2.05, 4.69) is 0 Å². The third-order valence-corrected chi connectivity index (χ3v) is 2.39. The van der Waals surface area contributed by atoms with Gasteiger partial charge in [-0.05, 0) is 24.0 Å². The summed E-state index contributed by atoms with van der Waals surface area (Å²) in [6.07, 6.45) is 1.75. The first-order chi connectivity index (χ1) is 7.30. The molecule has 0 unspecified atom stereocenters. The summed E-state index contributed by atoms with van der Waals surface area (Å²) in [4.78, 5) is 11.2. The minimum atomic E-state index is -0.853. The molecule has 0 aromatic heterocycles. The Morgan fingerprint density at radius 2 is 1.94 bits per heavy atom. The van der Waals surface area contributed by atoms with Gasteiger partial charge >= 0.3 is 5.97 Å².